The molecule has 25 heavy (non-hydrogen) atoms. The number of likely N-dealkylation sites (N-methyl/N-ethyl adjacent to an activating group) is 1. The first-order chi connectivity index (χ1) is 11.8. The number of hydrogen-bond donors (Lipinski definition) is 2. The van der Waals surface area contributed by atoms with E-state index in [2.05, 4.69) is 4.72 Å². The fourth-order valence-corrected chi connectivity index (χ4v) is 4.18. The van der Waals surface area contributed by atoms with E-state index in [1.165, 1.54) is 13.1 Å². The summed E-state index contributed by atoms with van der Waals surface area (Å²) in [6, 6.07) is 10.9. The Bertz CT molecular complexity index is 819. The van der Waals surface area contributed by atoms with Crippen molar-refractivity contribution in [1.29, 1.82) is 0 Å². The number of benzene rings is 1. The molecule has 0 spiro atoms. The third-order valence-electron chi connectivity index (χ3n) is 3.59. The molecule has 2 aromatic rings. The van der Waals surface area contributed by atoms with Crippen LogP contribution in [0.3, 0.4) is 0 Å². The Morgan fingerprint density at radius 1 is 1.20 bits per heavy atom. The van der Waals surface area contributed by atoms with Gasteiger partial charge >= 0.3 is 5.97 Å². The van der Waals surface area contributed by atoms with Crippen molar-refractivity contribution in [2.75, 3.05) is 13.6 Å². The number of carbonyl (C=O) groups excluding carboxylic acids is 1. The van der Waals surface area contributed by atoms with Crippen molar-refractivity contribution in [1.82, 2.24) is 9.62 Å². The van der Waals surface area contributed by atoms with E-state index < -0.39 is 34.5 Å². The van der Waals surface area contributed by atoms with Crippen LogP contribution in [0.4, 0.5) is 0 Å². The summed E-state index contributed by atoms with van der Waals surface area (Å²) in [5.74, 6) is -1.77. The van der Waals surface area contributed by atoms with Crippen LogP contribution >= 0.6 is 11.3 Å². The zero-order chi connectivity index (χ0) is 18.4. The quantitative estimate of drug-likeness (QED) is 0.713. The van der Waals surface area contributed by atoms with Crippen molar-refractivity contribution >= 4 is 33.2 Å². The summed E-state index contributed by atoms with van der Waals surface area (Å²) in [5, 5.41) is 11.0. The molecule has 0 aliphatic heterocycles. The number of thiophene rings is 1. The summed E-state index contributed by atoms with van der Waals surface area (Å²) < 4.78 is 26.4. The van der Waals surface area contributed by atoms with Gasteiger partial charge in [0, 0.05) is 13.5 Å². The lowest BCUT2D eigenvalue weighted by molar-refractivity contribution is -0.148. The van der Waals surface area contributed by atoms with Crippen LogP contribution in [0.2, 0.25) is 0 Å². The molecule has 0 fully saturated rings. The van der Waals surface area contributed by atoms with E-state index in [0.717, 1.165) is 21.8 Å². The molecule has 7 nitrogen and oxygen atoms in total. The van der Waals surface area contributed by atoms with Gasteiger partial charge < -0.3 is 10.0 Å². The molecule has 134 valence electrons. The number of carboxylic acids is 1. The summed E-state index contributed by atoms with van der Waals surface area (Å²) in [6.45, 7) is -0.505. The maximum atomic E-state index is 12.2. The van der Waals surface area contributed by atoms with Crippen LogP contribution in [0.5, 0.6) is 0 Å². The van der Waals surface area contributed by atoms with Gasteiger partial charge in [0.25, 0.3) is 10.0 Å². The van der Waals surface area contributed by atoms with Crippen molar-refractivity contribution in [2.24, 2.45) is 0 Å². The van der Waals surface area contributed by atoms with Gasteiger partial charge in [-0.1, -0.05) is 36.4 Å². The zero-order valence-corrected chi connectivity index (χ0v) is 15.1. The van der Waals surface area contributed by atoms with Gasteiger partial charge in [0.1, 0.15) is 10.3 Å². The van der Waals surface area contributed by atoms with E-state index >= 15 is 0 Å². The molecule has 2 N–H and O–H groups in total. The smallest absolute Gasteiger partial charge is 0.326 e. The number of carboxylic acid groups (broad SMARTS) is 1. The Kier molecular flexibility index (Phi) is 6.29. The minimum Gasteiger partial charge on any atom is -0.480 e. The lowest BCUT2D eigenvalue weighted by Crippen LogP contribution is -2.47. The van der Waals surface area contributed by atoms with Gasteiger partial charge in [0.15, 0.2) is 0 Å². The Balaban J connectivity index is 2.02. The molecule has 1 aromatic heterocycles. The summed E-state index contributed by atoms with van der Waals surface area (Å²) in [6.07, 6.45) is 0.135. The standard InChI is InChI=1S/C16H18N2O5S2/c1-18(13(16(20)21)10-12-6-3-2-4-7-12)14(19)11-17-25(22,23)15-8-5-9-24-15/h2-9,13,17H,10-11H2,1H3,(H,20,21). The molecular formula is C16H18N2O5S2. The van der Waals surface area contributed by atoms with Crippen LogP contribution in [-0.2, 0) is 26.0 Å². The van der Waals surface area contributed by atoms with Crippen molar-refractivity contribution in [3.05, 3.63) is 53.4 Å². The molecule has 1 unspecified atom stereocenters. The SMILES string of the molecule is CN(C(=O)CNS(=O)(=O)c1cccs1)C(Cc1ccccc1)C(=O)O. The molecule has 1 atom stereocenters. The fraction of sp³-hybridized carbons (Fsp3) is 0.250. The zero-order valence-electron chi connectivity index (χ0n) is 13.5. The lowest BCUT2D eigenvalue weighted by Gasteiger charge is -2.25. The molecule has 1 amide bonds. The van der Waals surface area contributed by atoms with E-state index in [4.69, 9.17) is 0 Å². The predicted octanol–water partition coefficient (Wildman–Crippen LogP) is 1.18. The molecular weight excluding hydrogens is 364 g/mol. The van der Waals surface area contributed by atoms with Gasteiger partial charge in [0.05, 0.1) is 6.54 Å². The van der Waals surface area contributed by atoms with Crippen molar-refractivity contribution < 1.29 is 23.1 Å². The molecule has 1 heterocycles. The van der Waals surface area contributed by atoms with Crippen LogP contribution in [0.1, 0.15) is 5.56 Å². The molecule has 2 rings (SSSR count). The number of carbonyl (C=O) groups is 2. The fourth-order valence-electron chi connectivity index (χ4n) is 2.17. The number of nitrogens with zero attached hydrogens (tertiary/aromatic N) is 1. The average Bonchev–Trinajstić information content (AvgIpc) is 3.13. The van der Waals surface area contributed by atoms with Crippen molar-refractivity contribution in [2.45, 2.75) is 16.7 Å². The Labute approximate surface area is 150 Å². The summed E-state index contributed by atoms with van der Waals surface area (Å²) in [4.78, 5) is 24.8. The summed E-state index contributed by atoms with van der Waals surface area (Å²) in [7, 11) is -2.43. The summed E-state index contributed by atoms with van der Waals surface area (Å²) in [5.41, 5.74) is 0.772. The van der Waals surface area contributed by atoms with Gasteiger partial charge in [-0.05, 0) is 17.0 Å². The van der Waals surface area contributed by atoms with E-state index in [1.54, 1.807) is 35.7 Å². The topological polar surface area (TPSA) is 104 Å². The Morgan fingerprint density at radius 3 is 2.44 bits per heavy atom. The molecule has 1 aromatic carbocycles. The third kappa shape index (κ3) is 5.12. The van der Waals surface area contributed by atoms with E-state index in [-0.39, 0.29) is 10.6 Å². The first kappa shape index (κ1) is 19.1. The number of hydrogen-bond acceptors (Lipinski definition) is 5. The number of rotatable bonds is 8. The Hall–Kier alpha value is -2.23. The lowest BCUT2D eigenvalue weighted by atomic mass is 10.1. The molecule has 0 aliphatic rings. The minimum absolute atomic E-state index is 0.0991. The number of sulfonamides is 1. The van der Waals surface area contributed by atoms with Gasteiger partial charge in [0.2, 0.25) is 5.91 Å². The first-order valence-electron chi connectivity index (χ1n) is 7.37. The molecule has 0 saturated carbocycles. The Morgan fingerprint density at radius 2 is 1.88 bits per heavy atom. The second kappa shape index (κ2) is 8.24. The monoisotopic (exact) mass is 382 g/mol. The maximum Gasteiger partial charge on any atom is 0.326 e. The second-order valence-corrected chi connectivity index (χ2v) is 8.25. The first-order valence-corrected chi connectivity index (χ1v) is 9.73. The third-order valence-corrected chi connectivity index (χ3v) is 6.39. The van der Waals surface area contributed by atoms with Crippen LogP contribution in [0.15, 0.2) is 52.1 Å². The van der Waals surface area contributed by atoms with Crippen LogP contribution in [-0.4, -0.2) is 49.9 Å². The van der Waals surface area contributed by atoms with Gasteiger partial charge in [-0.15, -0.1) is 11.3 Å². The minimum atomic E-state index is -3.78. The largest absolute Gasteiger partial charge is 0.480 e. The highest BCUT2D eigenvalue weighted by Gasteiger charge is 2.27. The van der Waals surface area contributed by atoms with Crippen LogP contribution in [0.25, 0.3) is 0 Å². The average molecular weight is 382 g/mol. The van der Waals surface area contributed by atoms with Crippen LogP contribution in [0, 0.1) is 0 Å². The van der Waals surface area contributed by atoms with Gasteiger partial charge in [-0.25, -0.2) is 17.9 Å². The highest BCUT2D eigenvalue weighted by Crippen LogP contribution is 2.15. The predicted molar refractivity (Wildman–Crippen MR) is 93.8 cm³/mol. The summed E-state index contributed by atoms with van der Waals surface area (Å²) >= 11 is 1.03. The highest BCUT2D eigenvalue weighted by molar-refractivity contribution is 7.91. The molecule has 0 aliphatic carbocycles. The van der Waals surface area contributed by atoms with Gasteiger partial charge in [-0.2, -0.15) is 0 Å². The van der Waals surface area contributed by atoms with E-state index in [0.29, 0.717) is 0 Å². The highest BCUT2D eigenvalue weighted by atomic mass is 32.2. The van der Waals surface area contributed by atoms with E-state index in [1.807, 2.05) is 6.07 Å². The van der Waals surface area contributed by atoms with Crippen molar-refractivity contribution in [3.63, 3.8) is 0 Å². The normalized spacial score (nSPS) is 12.5. The second-order valence-electron chi connectivity index (χ2n) is 5.31. The van der Waals surface area contributed by atoms with Gasteiger partial charge in [-0.3, -0.25) is 4.79 Å². The van der Waals surface area contributed by atoms with Crippen molar-refractivity contribution in [3.8, 4) is 0 Å². The number of nitrogens with one attached hydrogen (secondary N) is 1. The number of amides is 1. The maximum absolute atomic E-state index is 12.2. The molecule has 0 bridgehead atoms. The molecule has 0 radical (unpaired) electrons. The molecule has 0 saturated heterocycles. The van der Waals surface area contributed by atoms with Crippen LogP contribution < -0.4 is 4.72 Å². The number of aliphatic carboxylic acids is 1. The molecule has 9 heteroatoms. The van der Waals surface area contributed by atoms with E-state index in [9.17, 15) is 23.1 Å².